The Morgan fingerprint density at radius 3 is 2.22 bits per heavy atom. The van der Waals surface area contributed by atoms with Crippen molar-refractivity contribution in [1.82, 2.24) is 5.32 Å². The van der Waals surface area contributed by atoms with Crippen LogP contribution in [-0.2, 0) is 18.4 Å². The normalized spacial score (nSPS) is 12.4. The fraction of sp³-hybridized carbons (Fsp3) is 0.458. The third-order valence-electron chi connectivity index (χ3n) is 4.77. The second kappa shape index (κ2) is 13.6. The van der Waals surface area contributed by atoms with Gasteiger partial charge in [-0.2, -0.15) is 0 Å². The zero-order valence-electron chi connectivity index (χ0n) is 19.0. The van der Waals surface area contributed by atoms with E-state index in [-0.39, 0.29) is 6.61 Å². The predicted octanol–water partition coefficient (Wildman–Crippen LogP) is 6.67. The van der Waals surface area contributed by atoms with E-state index in [9.17, 15) is 9.36 Å². The van der Waals surface area contributed by atoms with Crippen molar-refractivity contribution in [3.8, 4) is 5.75 Å². The van der Waals surface area contributed by atoms with E-state index in [2.05, 4.69) is 5.32 Å². The quantitative estimate of drug-likeness (QED) is 0.241. The van der Waals surface area contributed by atoms with Gasteiger partial charge in [0, 0.05) is 5.02 Å². The van der Waals surface area contributed by atoms with Crippen LogP contribution in [0, 0.1) is 6.92 Å². The second-order valence-electron chi connectivity index (χ2n) is 7.49. The van der Waals surface area contributed by atoms with Crippen molar-refractivity contribution in [3.63, 3.8) is 0 Å². The highest BCUT2D eigenvalue weighted by atomic mass is 35.5. The van der Waals surface area contributed by atoms with Crippen LogP contribution < -0.4 is 10.1 Å². The molecule has 0 fully saturated rings. The molecular formula is C24H33ClNO5P. The molecule has 1 atom stereocenters. The molecular weight excluding hydrogens is 449 g/mol. The fourth-order valence-electron chi connectivity index (χ4n) is 2.89. The van der Waals surface area contributed by atoms with E-state index in [1.54, 1.807) is 30.3 Å². The van der Waals surface area contributed by atoms with Crippen molar-refractivity contribution in [3.05, 3.63) is 64.7 Å². The highest BCUT2D eigenvalue weighted by Crippen LogP contribution is 2.59. The Kier molecular flexibility index (Phi) is 11.3. The maximum Gasteiger partial charge on any atom is 0.357 e. The summed E-state index contributed by atoms with van der Waals surface area (Å²) < 4.78 is 31.0. The molecule has 0 bridgehead atoms. The van der Waals surface area contributed by atoms with Gasteiger partial charge in [0.2, 0.25) is 0 Å². The van der Waals surface area contributed by atoms with Gasteiger partial charge in [0.25, 0.3) is 5.91 Å². The molecule has 1 N–H and O–H groups in total. The first kappa shape index (κ1) is 26.4. The SMILES string of the molecule is CCCCOP(=O)(OCCCC)C(NC(=O)COc1ccc(Cl)c(C)c1)c1ccccc1. The van der Waals surface area contributed by atoms with Gasteiger partial charge in [-0.1, -0.05) is 68.6 Å². The Morgan fingerprint density at radius 2 is 1.66 bits per heavy atom. The molecule has 176 valence electrons. The van der Waals surface area contributed by atoms with E-state index < -0.39 is 19.3 Å². The van der Waals surface area contributed by atoms with Crippen molar-refractivity contribution in [2.24, 2.45) is 0 Å². The molecule has 1 unspecified atom stereocenters. The summed E-state index contributed by atoms with van der Waals surface area (Å²) >= 11 is 6.04. The smallest absolute Gasteiger partial charge is 0.357 e. The number of hydrogen-bond donors (Lipinski definition) is 1. The maximum atomic E-state index is 13.8. The molecule has 0 aliphatic rings. The highest BCUT2D eigenvalue weighted by Gasteiger charge is 2.38. The van der Waals surface area contributed by atoms with Gasteiger partial charge in [0.05, 0.1) is 13.2 Å². The van der Waals surface area contributed by atoms with Gasteiger partial charge >= 0.3 is 7.60 Å². The minimum Gasteiger partial charge on any atom is -0.484 e. The Hall–Kier alpha value is -1.85. The predicted molar refractivity (Wildman–Crippen MR) is 128 cm³/mol. The molecule has 0 aromatic heterocycles. The van der Waals surface area contributed by atoms with Crippen molar-refractivity contribution < 1.29 is 23.1 Å². The Labute approximate surface area is 196 Å². The van der Waals surface area contributed by atoms with Gasteiger partial charge in [-0.15, -0.1) is 0 Å². The number of halogens is 1. The van der Waals surface area contributed by atoms with Gasteiger partial charge in [-0.25, -0.2) is 0 Å². The van der Waals surface area contributed by atoms with Crippen LogP contribution in [0.2, 0.25) is 5.02 Å². The van der Waals surface area contributed by atoms with Crippen LogP contribution in [0.25, 0.3) is 0 Å². The molecule has 32 heavy (non-hydrogen) atoms. The van der Waals surface area contributed by atoms with Gasteiger partial charge in [-0.3, -0.25) is 9.36 Å². The Balaban J connectivity index is 2.18. The molecule has 0 spiro atoms. The molecule has 0 heterocycles. The van der Waals surface area contributed by atoms with Crippen LogP contribution >= 0.6 is 19.2 Å². The summed E-state index contributed by atoms with van der Waals surface area (Å²) in [6.07, 6.45) is 3.28. The van der Waals surface area contributed by atoms with E-state index >= 15 is 0 Å². The van der Waals surface area contributed by atoms with E-state index in [4.69, 9.17) is 25.4 Å². The molecule has 2 rings (SSSR count). The summed E-state index contributed by atoms with van der Waals surface area (Å²) in [6, 6.07) is 14.3. The molecule has 1 amide bonds. The van der Waals surface area contributed by atoms with Crippen LogP contribution in [0.4, 0.5) is 0 Å². The van der Waals surface area contributed by atoms with Crippen molar-refractivity contribution in [2.45, 2.75) is 52.2 Å². The van der Waals surface area contributed by atoms with Crippen molar-refractivity contribution in [2.75, 3.05) is 19.8 Å². The minimum absolute atomic E-state index is 0.242. The van der Waals surface area contributed by atoms with Crippen LogP contribution in [0.5, 0.6) is 5.75 Å². The van der Waals surface area contributed by atoms with Crippen LogP contribution in [0.1, 0.15) is 56.4 Å². The summed E-state index contributed by atoms with van der Waals surface area (Å²) in [6.45, 7) is 6.25. The van der Waals surface area contributed by atoms with Gasteiger partial charge in [0.15, 0.2) is 12.4 Å². The van der Waals surface area contributed by atoms with Gasteiger partial charge in [-0.05, 0) is 49.1 Å². The lowest BCUT2D eigenvalue weighted by molar-refractivity contribution is -0.123. The average Bonchev–Trinajstić information content (AvgIpc) is 2.79. The number of nitrogens with one attached hydrogen (secondary N) is 1. The van der Waals surface area contributed by atoms with Crippen LogP contribution in [-0.4, -0.2) is 25.7 Å². The molecule has 8 heteroatoms. The second-order valence-corrected chi connectivity index (χ2v) is 10.0. The molecule has 0 saturated carbocycles. The third-order valence-corrected chi connectivity index (χ3v) is 7.34. The number of aryl methyl sites for hydroxylation is 1. The summed E-state index contributed by atoms with van der Waals surface area (Å²) in [4.78, 5) is 12.8. The van der Waals surface area contributed by atoms with Gasteiger partial charge < -0.3 is 19.1 Å². The molecule has 0 radical (unpaired) electrons. The van der Waals surface area contributed by atoms with E-state index in [0.29, 0.717) is 29.5 Å². The topological polar surface area (TPSA) is 73.9 Å². The van der Waals surface area contributed by atoms with Crippen molar-refractivity contribution in [1.29, 1.82) is 0 Å². The fourth-order valence-corrected chi connectivity index (χ4v) is 4.99. The summed E-state index contributed by atoms with van der Waals surface area (Å²) in [5.74, 6) is -0.829. The maximum absolute atomic E-state index is 13.8. The van der Waals surface area contributed by atoms with E-state index in [1.807, 2.05) is 39.0 Å². The first-order valence-electron chi connectivity index (χ1n) is 11.0. The monoisotopic (exact) mass is 481 g/mol. The lowest BCUT2D eigenvalue weighted by atomic mass is 10.2. The number of carbonyl (C=O) groups is 1. The summed E-state index contributed by atoms with van der Waals surface area (Å²) in [5.41, 5.74) is 1.50. The molecule has 2 aromatic carbocycles. The van der Waals surface area contributed by atoms with Crippen LogP contribution in [0.15, 0.2) is 48.5 Å². The zero-order chi connectivity index (χ0) is 23.4. The number of benzene rings is 2. The number of rotatable bonds is 14. The minimum atomic E-state index is -3.68. The van der Waals surface area contributed by atoms with E-state index in [1.165, 1.54) is 0 Å². The number of ether oxygens (including phenoxy) is 1. The van der Waals surface area contributed by atoms with Crippen LogP contribution in [0.3, 0.4) is 0 Å². The first-order valence-corrected chi connectivity index (χ1v) is 13.0. The van der Waals surface area contributed by atoms with E-state index in [0.717, 1.165) is 31.2 Å². The molecule has 2 aromatic rings. The Morgan fingerprint density at radius 1 is 1.03 bits per heavy atom. The van der Waals surface area contributed by atoms with Crippen molar-refractivity contribution >= 4 is 25.1 Å². The lowest BCUT2D eigenvalue weighted by Gasteiger charge is -2.28. The first-order chi connectivity index (χ1) is 15.4. The molecule has 0 aliphatic carbocycles. The highest BCUT2D eigenvalue weighted by molar-refractivity contribution is 7.54. The standard InChI is InChI=1S/C24H33ClNO5P/c1-4-6-15-30-32(28,31-16-7-5-2)24(20-11-9-8-10-12-20)26-23(27)18-29-21-13-14-22(25)19(3)17-21/h8-14,17,24H,4-7,15-16,18H2,1-3H3,(H,26,27). The summed E-state index contributed by atoms with van der Waals surface area (Å²) in [7, 11) is -3.68. The number of amides is 1. The zero-order valence-corrected chi connectivity index (χ0v) is 20.7. The number of carbonyl (C=O) groups excluding carboxylic acids is 1. The summed E-state index contributed by atoms with van der Waals surface area (Å²) in [5, 5.41) is 3.45. The number of unbranched alkanes of at least 4 members (excludes halogenated alkanes) is 2. The molecule has 0 aliphatic heterocycles. The molecule has 6 nitrogen and oxygen atoms in total. The molecule has 0 saturated heterocycles. The largest absolute Gasteiger partial charge is 0.484 e. The number of hydrogen-bond acceptors (Lipinski definition) is 5. The Bertz CT molecular complexity index is 879. The average molecular weight is 482 g/mol. The van der Waals surface area contributed by atoms with Gasteiger partial charge in [0.1, 0.15) is 5.75 Å². The third kappa shape index (κ3) is 8.25. The lowest BCUT2D eigenvalue weighted by Crippen LogP contribution is -2.33.